The molecule has 0 heterocycles. The summed E-state index contributed by atoms with van der Waals surface area (Å²) < 4.78 is 0. The van der Waals surface area contributed by atoms with Gasteiger partial charge in [-0.2, -0.15) is 0 Å². The molecule has 2 aliphatic rings. The highest BCUT2D eigenvalue weighted by atomic mass is 16.1. The van der Waals surface area contributed by atoms with Crippen LogP contribution in [0.4, 0.5) is 0 Å². The van der Waals surface area contributed by atoms with E-state index in [1.165, 1.54) is 25.5 Å². The zero-order chi connectivity index (χ0) is 12.7. The van der Waals surface area contributed by atoms with Gasteiger partial charge in [-0.3, -0.25) is 0 Å². The van der Waals surface area contributed by atoms with E-state index >= 15 is 0 Å². The SMILES string of the molecule is CC(C)[C@@H]1C=C[C@@]2(C)CCC[C@@](C)(C=O)[C@H]2C1. The van der Waals surface area contributed by atoms with Gasteiger partial charge < -0.3 is 4.79 Å². The third kappa shape index (κ3) is 2.09. The molecule has 0 amide bonds. The Bertz CT molecular complexity index is 330. The van der Waals surface area contributed by atoms with Crippen LogP contribution in [0, 0.1) is 28.6 Å². The van der Waals surface area contributed by atoms with Crippen LogP contribution < -0.4 is 0 Å². The largest absolute Gasteiger partial charge is 0.303 e. The smallest absolute Gasteiger partial charge is 0.126 e. The van der Waals surface area contributed by atoms with Gasteiger partial charge in [0.05, 0.1) is 0 Å². The van der Waals surface area contributed by atoms with Crippen molar-refractivity contribution in [3.8, 4) is 0 Å². The van der Waals surface area contributed by atoms with Gasteiger partial charge in [0.1, 0.15) is 6.29 Å². The van der Waals surface area contributed by atoms with E-state index in [4.69, 9.17) is 0 Å². The van der Waals surface area contributed by atoms with Crippen molar-refractivity contribution < 1.29 is 4.79 Å². The molecular formula is C16H26O. The Balaban J connectivity index is 2.32. The first kappa shape index (κ1) is 12.9. The summed E-state index contributed by atoms with van der Waals surface area (Å²) in [6.07, 6.45) is 10.8. The molecule has 0 aromatic carbocycles. The van der Waals surface area contributed by atoms with Crippen molar-refractivity contribution in [1.82, 2.24) is 0 Å². The number of aldehydes is 1. The van der Waals surface area contributed by atoms with Gasteiger partial charge in [-0.05, 0) is 42.4 Å². The van der Waals surface area contributed by atoms with Crippen molar-refractivity contribution >= 4 is 6.29 Å². The molecule has 1 fully saturated rings. The molecule has 0 unspecified atom stereocenters. The van der Waals surface area contributed by atoms with E-state index < -0.39 is 0 Å². The number of rotatable bonds is 2. The molecule has 0 aliphatic heterocycles. The minimum atomic E-state index is -0.0924. The van der Waals surface area contributed by atoms with Crippen molar-refractivity contribution in [2.45, 2.75) is 53.4 Å². The standard InChI is InChI=1S/C16H26O/c1-12(2)13-6-9-15(3)7-5-8-16(4,11-17)14(15)10-13/h6,9,11-14H,5,7-8,10H2,1-4H3/t13-,14+,15-,16+/m1/s1. The van der Waals surface area contributed by atoms with Crippen molar-refractivity contribution in [1.29, 1.82) is 0 Å². The number of fused-ring (bicyclic) bond motifs is 1. The van der Waals surface area contributed by atoms with Gasteiger partial charge in [-0.1, -0.05) is 46.3 Å². The second-order valence-corrected chi connectivity index (χ2v) is 7.04. The summed E-state index contributed by atoms with van der Waals surface area (Å²) in [5.74, 6) is 1.89. The predicted molar refractivity (Wildman–Crippen MR) is 71.7 cm³/mol. The van der Waals surface area contributed by atoms with Crippen LogP contribution in [0.1, 0.15) is 53.4 Å². The molecule has 0 aromatic heterocycles. The zero-order valence-electron chi connectivity index (χ0n) is 11.7. The number of allylic oxidation sites excluding steroid dienone is 2. The molecule has 0 bridgehead atoms. The molecule has 96 valence electrons. The quantitative estimate of drug-likeness (QED) is 0.516. The van der Waals surface area contributed by atoms with Gasteiger partial charge in [0.2, 0.25) is 0 Å². The Morgan fingerprint density at radius 3 is 2.59 bits per heavy atom. The Morgan fingerprint density at radius 1 is 1.29 bits per heavy atom. The lowest BCUT2D eigenvalue weighted by Crippen LogP contribution is -2.46. The Morgan fingerprint density at radius 2 is 2.00 bits per heavy atom. The first-order valence-electron chi connectivity index (χ1n) is 7.07. The van der Waals surface area contributed by atoms with Gasteiger partial charge >= 0.3 is 0 Å². The first-order chi connectivity index (χ1) is 7.91. The third-order valence-corrected chi connectivity index (χ3v) is 5.38. The van der Waals surface area contributed by atoms with E-state index in [2.05, 4.69) is 39.8 Å². The highest BCUT2D eigenvalue weighted by Crippen LogP contribution is 2.56. The molecule has 1 saturated carbocycles. The third-order valence-electron chi connectivity index (χ3n) is 5.38. The molecule has 0 radical (unpaired) electrons. The van der Waals surface area contributed by atoms with Crippen LogP contribution in [0.2, 0.25) is 0 Å². The molecule has 0 saturated heterocycles. The van der Waals surface area contributed by atoms with Crippen molar-refractivity contribution in [3.63, 3.8) is 0 Å². The molecule has 1 heteroatoms. The average Bonchev–Trinajstić information content (AvgIpc) is 2.28. The van der Waals surface area contributed by atoms with Crippen LogP contribution in [0.5, 0.6) is 0 Å². The maximum absolute atomic E-state index is 11.5. The molecule has 2 rings (SSSR count). The van der Waals surface area contributed by atoms with Crippen LogP contribution in [-0.2, 0) is 4.79 Å². The number of hydrogen-bond acceptors (Lipinski definition) is 1. The maximum Gasteiger partial charge on any atom is 0.126 e. The molecule has 17 heavy (non-hydrogen) atoms. The minimum Gasteiger partial charge on any atom is -0.303 e. The van der Waals surface area contributed by atoms with E-state index in [0.717, 1.165) is 6.42 Å². The molecular weight excluding hydrogens is 208 g/mol. The molecule has 0 N–H and O–H groups in total. The predicted octanol–water partition coefficient (Wildman–Crippen LogP) is 4.23. The normalized spacial score (nSPS) is 45.7. The minimum absolute atomic E-state index is 0.0924. The topological polar surface area (TPSA) is 17.1 Å². The molecule has 4 atom stereocenters. The summed E-state index contributed by atoms with van der Waals surface area (Å²) in [6, 6.07) is 0. The summed E-state index contributed by atoms with van der Waals surface area (Å²) in [6.45, 7) is 9.11. The first-order valence-corrected chi connectivity index (χ1v) is 7.07. The van der Waals surface area contributed by atoms with E-state index in [-0.39, 0.29) is 10.8 Å². The van der Waals surface area contributed by atoms with Gasteiger partial charge in [-0.25, -0.2) is 0 Å². The van der Waals surface area contributed by atoms with Gasteiger partial charge in [0, 0.05) is 5.41 Å². The molecule has 0 aromatic rings. The van der Waals surface area contributed by atoms with Gasteiger partial charge in [-0.15, -0.1) is 0 Å². The summed E-state index contributed by atoms with van der Waals surface area (Å²) >= 11 is 0. The van der Waals surface area contributed by atoms with E-state index in [1.54, 1.807) is 0 Å². The lowest BCUT2D eigenvalue weighted by Gasteiger charge is -2.52. The summed E-state index contributed by atoms with van der Waals surface area (Å²) in [4.78, 5) is 11.5. The zero-order valence-corrected chi connectivity index (χ0v) is 11.7. The van der Waals surface area contributed by atoms with Gasteiger partial charge in [0.25, 0.3) is 0 Å². The number of hydrogen-bond donors (Lipinski definition) is 0. The molecule has 2 aliphatic carbocycles. The van der Waals surface area contributed by atoms with Crippen LogP contribution in [-0.4, -0.2) is 6.29 Å². The van der Waals surface area contributed by atoms with Crippen LogP contribution in [0.15, 0.2) is 12.2 Å². The van der Waals surface area contributed by atoms with Gasteiger partial charge in [0.15, 0.2) is 0 Å². The second kappa shape index (κ2) is 4.26. The maximum atomic E-state index is 11.5. The number of carbonyl (C=O) groups excluding carboxylic acids is 1. The Hall–Kier alpha value is -0.590. The van der Waals surface area contributed by atoms with Crippen LogP contribution in [0.25, 0.3) is 0 Å². The summed E-state index contributed by atoms with van der Waals surface area (Å²) in [7, 11) is 0. The fourth-order valence-corrected chi connectivity index (χ4v) is 4.02. The molecule has 0 spiro atoms. The summed E-state index contributed by atoms with van der Waals surface area (Å²) in [5, 5.41) is 0. The number of carbonyl (C=O) groups is 1. The lowest BCUT2D eigenvalue weighted by molar-refractivity contribution is -0.125. The monoisotopic (exact) mass is 234 g/mol. The fraction of sp³-hybridized carbons (Fsp3) is 0.812. The van der Waals surface area contributed by atoms with E-state index in [0.29, 0.717) is 17.8 Å². The highest BCUT2D eigenvalue weighted by Gasteiger charge is 2.49. The molecule has 1 nitrogen and oxygen atoms in total. The average molecular weight is 234 g/mol. The van der Waals surface area contributed by atoms with Crippen molar-refractivity contribution in [2.75, 3.05) is 0 Å². The fourth-order valence-electron chi connectivity index (χ4n) is 4.02. The van der Waals surface area contributed by atoms with Crippen LogP contribution in [0.3, 0.4) is 0 Å². The Labute approximate surface area is 106 Å². The van der Waals surface area contributed by atoms with E-state index in [1.807, 2.05) is 0 Å². The van der Waals surface area contributed by atoms with Crippen molar-refractivity contribution in [3.05, 3.63) is 12.2 Å². The van der Waals surface area contributed by atoms with Crippen molar-refractivity contribution in [2.24, 2.45) is 28.6 Å². The highest BCUT2D eigenvalue weighted by molar-refractivity contribution is 5.60. The van der Waals surface area contributed by atoms with Crippen LogP contribution >= 0.6 is 0 Å². The summed E-state index contributed by atoms with van der Waals surface area (Å²) in [5.41, 5.74) is 0.171. The Kier molecular flexibility index (Phi) is 3.22. The van der Waals surface area contributed by atoms with E-state index in [9.17, 15) is 4.79 Å². The second-order valence-electron chi connectivity index (χ2n) is 7.04. The lowest BCUT2D eigenvalue weighted by atomic mass is 9.52.